The summed E-state index contributed by atoms with van der Waals surface area (Å²) < 4.78 is 12.6. The van der Waals surface area contributed by atoms with Crippen molar-refractivity contribution in [3.63, 3.8) is 0 Å². The van der Waals surface area contributed by atoms with Crippen molar-refractivity contribution >= 4 is 22.6 Å². The number of alkyl halides is 1. The highest BCUT2D eigenvalue weighted by Gasteiger charge is 2.44. The molecule has 18 heavy (non-hydrogen) atoms. The quantitative estimate of drug-likeness (QED) is 0.541. The molecule has 1 saturated heterocycles. The van der Waals surface area contributed by atoms with Crippen LogP contribution in [0.1, 0.15) is 6.23 Å². The van der Waals surface area contributed by atoms with Crippen molar-refractivity contribution in [3.05, 3.63) is 33.1 Å². The minimum atomic E-state index is -0.810. The summed E-state index contributed by atoms with van der Waals surface area (Å²) in [5.41, 5.74) is -1.06. The summed E-state index contributed by atoms with van der Waals surface area (Å²) in [6.07, 6.45) is -1.27. The lowest BCUT2D eigenvalue weighted by Gasteiger charge is -2.19. The summed E-state index contributed by atoms with van der Waals surface area (Å²) in [7, 11) is 1.44. The van der Waals surface area contributed by atoms with Crippen LogP contribution in [-0.4, -0.2) is 44.5 Å². The third-order valence-corrected chi connectivity index (χ3v) is 3.73. The van der Waals surface area contributed by atoms with E-state index in [2.05, 4.69) is 27.6 Å². The average molecular weight is 368 g/mol. The highest BCUT2D eigenvalue weighted by Crippen LogP contribution is 2.31. The lowest BCUT2D eigenvalue weighted by molar-refractivity contribution is -0.0509. The number of aliphatic hydroxyl groups excluding tert-OH is 1. The van der Waals surface area contributed by atoms with Gasteiger partial charge in [0.05, 0.1) is 6.10 Å². The van der Waals surface area contributed by atoms with E-state index >= 15 is 0 Å². The predicted molar refractivity (Wildman–Crippen MR) is 70.9 cm³/mol. The maximum Gasteiger partial charge on any atom is 0.330 e. The normalized spacial score (nSPS) is 31.7. The van der Waals surface area contributed by atoms with E-state index in [0.717, 1.165) is 0 Å². The van der Waals surface area contributed by atoms with Gasteiger partial charge in [-0.15, -0.1) is 0 Å². The summed E-state index contributed by atoms with van der Waals surface area (Å²) in [5, 5.41) is 9.98. The molecule has 1 aromatic rings. The van der Waals surface area contributed by atoms with Gasteiger partial charge in [-0.1, -0.05) is 22.6 Å². The fourth-order valence-corrected chi connectivity index (χ4v) is 2.68. The van der Waals surface area contributed by atoms with Gasteiger partial charge in [-0.2, -0.15) is 0 Å². The van der Waals surface area contributed by atoms with Crippen LogP contribution in [0, 0.1) is 0 Å². The minimum absolute atomic E-state index is 0.403. The standard InChI is InChI=1S/C10H13IN2O5/c1-17-8-7(15)5(4-11)18-9(8)13-3-2-6(14)12-10(13)16/h2-3,5,7-9,15H,4H2,1H3,(H,12,14,16)/t5-,7?,8?,9-/m1/s1. The molecule has 0 aromatic carbocycles. The molecular formula is C10H13IN2O5. The molecule has 0 radical (unpaired) electrons. The van der Waals surface area contributed by atoms with Crippen LogP contribution in [0.3, 0.4) is 0 Å². The lowest BCUT2D eigenvalue weighted by atomic mass is 10.1. The number of nitrogens with one attached hydrogen (secondary N) is 1. The first-order valence-electron chi connectivity index (χ1n) is 5.32. The Morgan fingerprint density at radius 1 is 1.61 bits per heavy atom. The number of hydrogen-bond acceptors (Lipinski definition) is 5. The second kappa shape index (κ2) is 5.51. The minimum Gasteiger partial charge on any atom is -0.387 e. The van der Waals surface area contributed by atoms with Crippen molar-refractivity contribution in [2.75, 3.05) is 11.5 Å². The van der Waals surface area contributed by atoms with Crippen LogP contribution < -0.4 is 11.2 Å². The number of aromatic nitrogens is 2. The Balaban J connectivity index is 2.38. The molecule has 7 nitrogen and oxygen atoms in total. The van der Waals surface area contributed by atoms with Gasteiger partial charge in [0.25, 0.3) is 5.56 Å². The third kappa shape index (κ3) is 2.37. The molecule has 0 amide bonds. The Bertz CT molecular complexity index is 527. The van der Waals surface area contributed by atoms with E-state index in [-0.39, 0.29) is 0 Å². The van der Waals surface area contributed by atoms with Gasteiger partial charge in [0.15, 0.2) is 6.23 Å². The topological polar surface area (TPSA) is 93.5 Å². The molecule has 1 fully saturated rings. The predicted octanol–water partition coefficient (Wildman–Crippen LogP) is -0.755. The van der Waals surface area contributed by atoms with Crippen molar-refractivity contribution < 1.29 is 14.6 Å². The molecule has 2 unspecified atom stereocenters. The number of aromatic amines is 1. The second-order valence-electron chi connectivity index (χ2n) is 3.93. The zero-order chi connectivity index (χ0) is 13.3. The van der Waals surface area contributed by atoms with E-state index in [9.17, 15) is 14.7 Å². The van der Waals surface area contributed by atoms with Gasteiger partial charge in [0, 0.05) is 23.8 Å². The van der Waals surface area contributed by atoms with Crippen molar-refractivity contribution in [3.8, 4) is 0 Å². The SMILES string of the molecule is COC1C(O)[C@@H](CI)O[C@H]1n1ccc(=O)[nH]c1=O. The van der Waals surface area contributed by atoms with Crippen LogP contribution in [0.4, 0.5) is 0 Å². The van der Waals surface area contributed by atoms with E-state index in [4.69, 9.17) is 9.47 Å². The van der Waals surface area contributed by atoms with Gasteiger partial charge in [-0.3, -0.25) is 14.3 Å². The van der Waals surface area contributed by atoms with Crippen LogP contribution in [0.25, 0.3) is 0 Å². The number of methoxy groups -OCH3 is 1. The molecule has 8 heteroatoms. The monoisotopic (exact) mass is 368 g/mol. The third-order valence-electron chi connectivity index (χ3n) is 2.86. The van der Waals surface area contributed by atoms with Crippen LogP contribution in [0.5, 0.6) is 0 Å². The fourth-order valence-electron chi connectivity index (χ4n) is 1.95. The maximum absolute atomic E-state index is 11.7. The summed E-state index contributed by atoms with van der Waals surface area (Å²) >= 11 is 2.09. The zero-order valence-corrected chi connectivity index (χ0v) is 11.7. The first kappa shape index (κ1) is 13.7. The average Bonchev–Trinajstić information content (AvgIpc) is 2.65. The second-order valence-corrected chi connectivity index (χ2v) is 4.81. The van der Waals surface area contributed by atoms with E-state index < -0.39 is 35.8 Å². The molecule has 100 valence electrons. The van der Waals surface area contributed by atoms with Crippen molar-refractivity contribution in [1.82, 2.24) is 9.55 Å². The van der Waals surface area contributed by atoms with Crippen LogP contribution in [-0.2, 0) is 9.47 Å². The molecule has 0 bridgehead atoms. The molecule has 0 spiro atoms. The van der Waals surface area contributed by atoms with E-state index in [0.29, 0.717) is 4.43 Å². The van der Waals surface area contributed by atoms with Gasteiger partial charge in [0.2, 0.25) is 0 Å². The first-order valence-corrected chi connectivity index (χ1v) is 6.84. The summed E-state index contributed by atoms with van der Waals surface area (Å²) in [5.74, 6) is 0. The number of aliphatic hydroxyl groups is 1. The number of ether oxygens (including phenoxy) is 2. The molecule has 4 atom stereocenters. The van der Waals surface area contributed by atoms with Crippen molar-refractivity contribution in [2.24, 2.45) is 0 Å². The molecule has 2 heterocycles. The number of H-pyrrole nitrogens is 1. The number of rotatable bonds is 3. The smallest absolute Gasteiger partial charge is 0.330 e. The summed E-state index contributed by atoms with van der Waals surface area (Å²) in [4.78, 5) is 24.8. The zero-order valence-electron chi connectivity index (χ0n) is 9.58. The molecule has 0 saturated carbocycles. The molecule has 1 aliphatic heterocycles. The number of nitrogens with zero attached hydrogens (tertiary/aromatic N) is 1. The van der Waals surface area contributed by atoms with Crippen LogP contribution in [0.2, 0.25) is 0 Å². The lowest BCUT2D eigenvalue weighted by Crippen LogP contribution is -2.38. The highest BCUT2D eigenvalue weighted by molar-refractivity contribution is 14.1. The Hall–Kier alpha value is -0.710. The molecular weight excluding hydrogens is 355 g/mol. The molecule has 1 aliphatic rings. The summed E-state index contributed by atoms with van der Waals surface area (Å²) in [6.45, 7) is 0. The highest BCUT2D eigenvalue weighted by atomic mass is 127. The fraction of sp³-hybridized carbons (Fsp3) is 0.600. The number of hydrogen-bond donors (Lipinski definition) is 2. The first-order chi connectivity index (χ1) is 8.58. The number of halogens is 1. The Morgan fingerprint density at radius 2 is 2.33 bits per heavy atom. The van der Waals surface area contributed by atoms with Gasteiger partial charge in [0.1, 0.15) is 12.2 Å². The van der Waals surface area contributed by atoms with Gasteiger partial charge in [-0.25, -0.2) is 4.79 Å². The van der Waals surface area contributed by atoms with Gasteiger partial charge in [-0.05, 0) is 0 Å². The molecule has 1 aromatic heterocycles. The van der Waals surface area contributed by atoms with Crippen molar-refractivity contribution in [2.45, 2.75) is 24.5 Å². The van der Waals surface area contributed by atoms with Crippen LogP contribution >= 0.6 is 22.6 Å². The van der Waals surface area contributed by atoms with Gasteiger partial charge >= 0.3 is 5.69 Å². The van der Waals surface area contributed by atoms with E-state index in [1.807, 2.05) is 0 Å². The Kier molecular flexibility index (Phi) is 4.20. The Morgan fingerprint density at radius 3 is 2.89 bits per heavy atom. The largest absolute Gasteiger partial charge is 0.387 e. The Labute approximate surface area is 116 Å². The molecule has 2 rings (SSSR count). The summed E-state index contributed by atoms with van der Waals surface area (Å²) in [6, 6.07) is 1.22. The molecule has 0 aliphatic carbocycles. The van der Waals surface area contributed by atoms with E-state index in [1.54, 1.807) is 0 Å². The van der Waals surface area contributed by atoms with E-state index in [1.165, 1.54) is 23.9 Å². The maximum atomic E-state index is 11.7. The van der Waals surface area contributed by atoms with Gasteiger partial charge < -0.3 is 14.6 Å². The molecule has 2 N–H and O–H groups in total. The van der Waals surface area contributed by atoms with Crippen molar-refractivity contribution in [1.29, 1.82) is 0 Å². The van der Waals surface area contributed by atoms with Crippen LogP contribution in [0.15, 0.2) is 21.9 Å².